The van der Waals surface area contributed by atoms with E-state index in [0.29, 0.717) is 25.7 Å². The molecule has 0 aromatic rings. The second-order valence-electron chi connectivity index (χ2n) is 19.8. The first kappa shape index (κ1) is 71.3. The number of carbonyl (C=O) groups excluding carboxylic acids is 3. The van der Waals surface area contributed by atoms with Crippen molar-refractivity contribution in [2.24, 2.45) is 0 Å². The Hall–Kier alpha value is -4.71. The zero-order valence-electron chi connectivity index (χ0n) is 49.0. The normalized spacial score (nSPS) is 13.1. The van der Waals surface area contributed by atoms with Gasteiger partial charge in [0.1, 0.15) is 13.2 Å². The quantitative estimate of drug-likeness (QED) is 0.0261. The molecule has 0 aliphatic heterocycles. The molecule has 1 atom stereocenters. The standard InChI is InChI=1S/C70H112O6/c1-4-7-10-13-16-19-22-25-28-30-31-32-33-34-35-36-37-38-39-41-42-45-48-51-54-57-60-63-69(72)75-66-67(65-74-68(71)62-59-56-53-50-47-44-27-24-21-18-15-12-9-6-3)76-70(73)64-61-58-55-52-49-46-43-40-29-26-23-20-17-14-11-8-5-2/h7-8,10-11,16-17,19-20,24-29,31-32,34-35,37-38,41-42,48,51,67H,4-6,9,12-15,18,21-23,30,33,36,39-40,43-47,49-50,52-66H2,1-3H3/b10-7-,11-8-,19-16-,20-17-,27-24-,28-25-,29-26-,32-31-,35-34-,38-37-,42-41-,51-48-. The third-order valence-corrected chi connectivity index (χ3v) is 12.6. The van der Waals surface area contributed by atoms with Crippen molar-refractivity contribution in [3.05, 3.63) is 146 Å². The molecule has 76 heavy (non-hydrogen) atoms. The summed E-state index contributed by atoms with van der Waals surface area (Å²) in [5, 5.41) is 0. The second kappa shape index (κ2) is 62.8. The van der Waals surface area contributed by atoms with E-state index in [0.717, 1.165) is 148 Å². The van der Waals surface area contributed by atoms with Crippen molar-refractivity contribution in [3.8, 4) is 0 Å². The lowest BCUT2D eigenvalue weighted by molar-refractivity contribution is -0.167. The molecule has 6 heteroatoms. The number of rotatable bonds is 54. The van der Waals surface area contributed by atoms with Gasteiger partial charge in [0.05, 0.1) is 0 Å². The summed E-state index contributed by atoms with van der Waals surface area (Å²) >= 11 is 0. The van der Waals surface area contributed by atoms with Gasteiger partial charge in [0.15, 0.2) is 6.10 Å². The van der Waals surface area contributed by atoms with Crippen LogP contribution >= 0.6 is 0 Å². The highest BCUT2D eigenvalue weighted by Crippen LogP contribution is 2.14. The number of ether oxygens (including phenoxy) is 3. The van der Waals surface area contributed by atoms with E-state index in [9.17, 15) is 14.4 Å². The average Bonchev–Trinajstić information content (AvgIpc) is 3.42. The molecule has 0 aliphatic carbocycles. The van der Waals surface area contributed by atoms with Gasteiger partial charge in [-0.25, -0.2) is 0 Å². The van der Waals surface area contributed by atoms with Crippen LogP contribution in [0.4, 0.5) is 0 Å². The topological polar surface area (TPSA) is 78.9 Å². The molecule has 6 nitrogen and oxygen atoms in total. The van der Waals surface area contributed by atoms with Crippen LogP contribution in [0.5, 0.6) is 0 Å². The van der Waals surface area contributed by atoms with Gasteiger partial charge >= 0.3 is 17.9 Å². The summed E-state index contributed by atoms with van der Waals surface area (Å²) in [5.41, 5.74) is 0. The van der Waals surface area contributed by atoms with Crippen LogP contribution in [0.2, 0.25) is 0 Å². The van der Waals surface area contributed by atoms with Crippen LogP contribution in [0.15, 0.2) is 146 Å². The molecule has 0 spiro atoms. The number of unbranched alkanes of at least 4 members (excludes halogenated alkanes) is 19. The summed E-state index contributed by atoms with van der Waals surface area (Å²) in [7, 11) is 0. The summed E-state index contributed by atoms with van der Waals surface area (Å²) in [5.74, 6) is -0.971. The number of carbonyl (C=O) groups is 3. The second-order valence-corrected chi connectivity index (χ2v) is 19.8. The molecule has 0 aromatic carbocycles. The molecule has 0 N–H and O–H groups in total. The summed E-state index contributed by atoms with van der Waals surface area (Å²) in [4.78, 5) is 38.2. The Labute approximate surface area is 467 Å². The number of hydrogen-bond donors (Lipinski definition) is 0. The Morgan fingerprint density at radius 1 is 0.276 bits per heavy atom. The smallest absolute Gasteiger partial charge is 0.306 e. The summed E-state index contributed by atoms with van der Waals surface area (Å²) in [6, 6.07) is 0. The lowest BCUT2D eigenvalue weighted by Crippen LogP contribution is -2.30. The molecular weight excluding hydrogens is 937 g/mol. The fourth-order valence-electron chi connectivity index (χ4n) is 8.00. The van der Waals surface area contributed by atoms with E-state index >= 15 is 0 Å². The third-order valence-electron chi connectivity index (χ3n) is 12.6. The van der Waals surface area contributed by atoms with E-state index in [4.69, 9.17) is 14.2 Å². The SMILES string of the molecule is CC/C=C\C/C=C\C/C=C\C/C=C\C/C=C\C/C=C\C/C=C\C/C=C\CCCCC(=O)OCC(COC(=O)CCCCCCC/C=C\CCCCCCC)OC(=O)CCCCCCCCC/C=C\C/C=C\C/C=C\CC. The fraction of sp³-hybridized carbons (Fsp3) is 0.614. The van der Waals surface area contributed by atoms with Gasteiger partial charge in [-0.2, -0.15) is 0 Å². The van der Waals surface area contributed by atoms with Crippen molar-refractivity contribution in [1.29, 1.82) is 0 Å². The maximum absolute atomic E-state index is 12.9. The van der Waals surface area contributed by atoms with E-state index in [1.54, 1.807) is 0 Å². The number of esters is 3. The van der Waals surface area contributed by atoms with Crippen LogP contribution in [0.1, 0.15) is 258 Å². The van der Waals surface area contributed by atoms with E-state index in [2.05, 4.69) is 167 Å². The van der Waals surface area contributed by atoms with Crippen LogP contribution in [0.25, 0.3) is 0 Å². The van der Waals surface area contributed by atoms with E-state index in [1.807, 2.05) is 0 Å². The summed E-state index contributed by atoms with van der Waals surface area (Å²) < 4.78 is 16.8. The number of hydrogen-bond acceptors (Lipinski definition) is 6. The largest absolute Gasteiger partial charge is 0.462 e. The molecule has 0 aliphatic rings. The van der Waals surface area contributed by atoms with Gasteiger partial charge in [0.2, 0.25) is 0 Å². The van der Waals surface area contributed by atoms with Crippen molar-refractivity contribution < 1.29 is 28.6 Å². The van der Waals surface area contributed by atoms with E-state index in [-0.39, 0.29) is 31.1 Å². The molecule has 0 bridgehead atoms. The molecule has 0 aromatic heterocycles. The summed E-state index contributed by atoms with van der Waals surface area (Å²) in [6.45, 7) is 6.35. The highest BCUT2D eigenvalue weighted by Gasteiger charge is 2.19. The Morgan fingerprint density at radius 2 is 0.513 bits per heavy atom. The Morgan fingerprint density at radius 3 is 0.842 bits per heavy atom. The molecular formula is C70H112O6. The Bertz CT molecular complexity index is 1680. The molecule has 0 saturated heterocycles. The minimum Gasteiger partial charge on any atom is -0.462 e. The highest BCUT2D eigenvalue weighted by molar-refractivity contribution is 5.71. The zero-order chi connectivity index (χ0) is 55.0. The van der Waals surface area contributed by atoms with Gasteiger partial charge in [0, 0.05) is 19.3 Å². The van der Waals surface area contributed by atoms with Crippen LogP contribution in [0.3, 0.4) is 0 Å². The lowest BCUT2D eigenvalue weighted by atomic mass is 10.1. The molecule has 0 fully saturated rings. The maximum atomic E-state index is 12.9. The highest BCUT2D eigenvalue weighted by atomic mass is 16.6. The minimum atomic E-state index is -0.812. The third kappa shape index (κ3) is 60.2. The average molecular weight is 1050 g/mol. The van der Waals surface area contributed by atoms with Gasteiger partial charge < -0.3 is 14.2 Å². The van der Waals surface area contributed by atoms with Crippen molar-refractivity contribution >= 4 is 17.9 Å². The van der Waals surface area contributed by atoms with Gasteiger partial charge in [-0.3, -0.25) is 14.4 Å². The van der Waals surface area contributed by atoms with Gasteiger partial charge in [0.25, 0.3) is 0 Å². The molecule has 0 saturated carbocycles. The molecule has 428 valence electrons. The monoisotopic (exact) mass is 1050 g/mol. The number of allylic oxidation sites excluding steroid dienone is 24. The first-order valence-electron chi connectivity index (χ1n) is 30.8. The van der Waals surface area contributed by atoms with Crippen molar-refractivity contribution in [3.63, 3.8) is 0 Å². The van der Waals surface area contributed by atoms with Crippen LogP contribution in [-0.2, 0) is 28.6 Å². The van der Waals surface area contributed by atoms with Crippen molar-refractivity contribution in [2.45, 2.75) is 264 Å². The molecule has 0 amide bonds. The predicted octanol–water partition coefficient (Wildman–Crippen LogP) is 21.2. The molecule has 0 heterocycles. The van der Waals surface area contributed by atoms with Crippen LogP contribution < -0.4 is 0 Å². The van der Waals surface area contributed by atoms with Gasteiger partial charge in [-0.15, -0.1) is 0 Å². The molecule has 0 rings (SSSR count). The van der Waals surface area contributed by atoms with Crippen molar-refractivity contribution in [1.82, 2.24) is 0 Å². The van der Waals surface area contributed by atoms with Gasteiger partial charge in [-0.05, 0) is 141 Å². The fourth-order valence-corrected chi connectivity index (χ4v) is 8.00. The maximum Gasteiger partial charge on any atom is 0.306 e. The van der Waals surface area contributed by atoms with E-state index < -0.39 is 6.10 Å². The first-order valence-corrected chi connectivity index (χ1v) is 30.8. The molecule has 1 unspecified atom stereocenters. The summed E-state index contributed by atoms with van der Waals surface area (Å²) in [6.07, 6.45) is 89.9. The van der Waals surface area contributed by atoms with Crippen LogP contribution in [-0.4, -0.2) is 37.2 Å². The van der Waals surface area contributed by atoms with Crippen LogP contribution in [0, 0.1) is 0 Å². The minimum absolute atomic E-state index is 0.105. The Kier molecular flexibility index (Phi) is 58.9. The Balaban J connectivity index is 4.47. The lowest BCUT2D eigenvalue weighted by Gasteiger charge is -2.18. The molecule has 0 radical (unpaired) electrons. The zero-order valence-corrected chi connectivity index (χ0v) is 49.0. The first-order chi connectivity index (χ1) is 37.5. The predicted molar refractivity (Wildman–Crippen MR) is 329 cm³/mol. The van der Waals surface area contributed by atoms with E-state index in [1.165, 1.54) is 64.2 Å². The van der Waals surface area contributed by atoms with Gasteiger partial charge in [-0.1, -0.05) is 244 Å². The van der Waals surface area contributed by atoms with Crippen molar-refractivity contribution in [2.75, 3.05) is 13.2 Å².